The minimum absolute atomic E-state index is 0.163. The third-order valence-corrected chi connectivity index (χ3v) is 7.95. The van der Waals surface area contributed by atoms with E-state index in [1.807, 2.05) is 13.8 Å². The lowest BCUT2D eigenvalue weighted by Gasteiger charge is -2.45. The van der Waals surface area contributed by atoms with Gasteiger partial charge in [0.05, 0.1) is 21.9 Å². The molecule has 1 fully saturated rings. The van der Waals surface area contributed by atoms with Crippen LogP contribution < -0.4 is 10.0 Å². The van der Waals surface area contributed by atoms with E-state index in [2.05, 4.69) is 44.3 Å². The van der Waals surface area contributed by atoms with E-state index < -0.39 is 15.7 Å². The van der Waals surface area contributed by atoms with Gasteiger partial charge in [-0.15, -0.1) is 10.2 Å². The first-order valence-corrected chi connectivity index (χ1v) is 11.2. The summed E-state index contributed by atoms with van der Waals surface area (Å²) >= 11 is 5.82. The summed E-state index contributed by atoms with van der Waals surface area (Å²) < 4.78 is 11.7. The summed E-state index contributed by atoms with van der Waals surface area (Å²) in [6.07, 6.45) is 5.50. The van der Waals surface area contributed by atoms with Gasteiger partial charge in [0.25, 0.3) is 0 Å². The first-order chi connectivity index (χ1) is 13.3. The van der Waals surface area contributed by atoms with Crippen LogP contribution in [0.15, 0.2) is 30.5 Å². The van der Waals surface area contributed by atoms with Crippen LogP contribution in [0.2, 0.25) is 5.15 Å². The molecule has 150 valence electrons. The molecule has 0 radical (unpaired) electrons. The Bertz CT molecular complexity index is 880. The van der Waals surface area contributed by atoms with Gasteiger partial charge in [0.2, 0.25) is 5.95 Å². The smallest absolute Gasteiger partial charge is 0.245 e. The van der Waals surface area contributed by atoms with Crippen LogP contribution in [0.4, 0.5) is 5.95 Å². The first-order valence-electron chi connectivity index (χ1n) is 9.65. The molecule has 6 nitrogen and oxygen atoms in total. The average Bonchev–Trinajstić information content (AvgIpc) is 2.96. The summed E-state index contributed by atoms with van der Waals surface area (Å²) in [6, 6.07) is 8.70. The maximum absolute atomic E-state index is 12.1. The predicted octanol–water partition coefficient (Wildman–Crippen LogP) is 3.24. The van der Waals surface area contributed by atoms with Gasteiger partial charge in [0, 0.05) is 13.1 Å². The Morgan fingerprint density at radius 2 is 2.00 bits per heavy atom. The van der Waals surface area contributed by atoms with Crippen LogP contribution in [-0.2, 0) is 17.4 Å². The minimum Gasteiger partial charge on any atom is -0.339 e. The lowest BCUT2D eigenvalue weighted by atomic mass is 9.67. The zero-order valence-electron chi connectivity index (χ0n) is 16.3. The van der Waals surface area contributed by atoms with Crippen molar-refractivity contribution in [3.63, 3.8) is 0 Å². The van der Waals surface area contributed by atoms with Crippen molar-refractivity contribution in [3.05, 3.63) is 46.7 Å². The van der Waals surface area contributed by atoms with Gasteiger partial charge in [-0.1, -0.05) is 35.9 Å². The number of benzene rings is 1. The van der Waals surface area contributed by atoms with Gasteiger partial charge in [-0.05, 0) is 62.0 Å². The molecule has 1 unspecified atom stereocenters. The number of fused-ring (bicyclic) bond motifs is 1. The van der Waals surface area contributed by atoms with E-state index in [4.69, 9.17) is 16.7 Å². The van der Waals surface area contributed by atoms with Crippen molar-refractivity contribution >= 4 is 28.5 Å². The van der Waals surface area contributed by atoms with Crippen LogP contribution in [0.3, 0.4) is 0 Å². The lowest BCUT2D eigenvalue weighted by Crippen LogP contribution is -2.45. The van der Waals surface area contributed by atoms with Gasteiger partial charge in [-0.3, -0.25) is 5.14 Å². The monoisotopic (exact) mass is 419 g/mol. The highest BCUT2D eigenvalue weighted by Crippen LogP contribution is 2.56. The van der Waals surface area contributed by atoms with E-state index in [1.54, 1.807) is 6.20 Å². The van der Waals surface area contributed by atoms with Crippen LogP contribution in [0.5, 0.6) is 0 Å². The van der Waals surface area contributed by atoms with Crippen LogP contribution in [-0.4, -0.2) is 37.2 Å². The SMILES string of the molecule is CC(C)(C[C@@H]1c2ccccc2CC12CCN(c1ncc(Cl)nn1)CC2)S(N)=O. The normalized spacial score (nSPS) is 22.3. The third kappa shape index (κ3) is 3.55. The average molecular weight is 420 g/mol. The van der Waals surface area contributed by atoms with E-state index in [1.165, 1.54) is 11.1 Å². The molecule has 1 aliphatic heterocycles. The molecular weight excluding hydrogens is 394 g/mol. The fourth-order valence-corrected chi connectivity index (χ4v) is 5.26. The Balaban J connectivity index is 1.59. The highest BCUT2D eigenvalue weighted by Gasteiger charge is 2.49. The van der Waals surface area contributed by atoms with Gasteiger partial charge in [0.1, 0.15) is 0 Å². The molecule has 0 amide bonds. The second kappa shape index (κ2) is 7.35. The van der Waals surface area contributed by atoms with Gasteiger partial charge >= 0.3 is 0 Å². The molecule has 0 saturated carbocycles. The van der Waals surface area contributed by atoms with E-state index in [9.17, 15) is 4.21 Å². The summed E-state index contributed by atoms with van der Waals surface area (Å²) in [5, 5.41) is 14.2. The predicted molar refractivity (Wildman–Crippen MR) is 113 cm³/mol. The topological polar surface area (TPSA) is 85.0 Å². The van der Waals surface area contributed by atoms with Crippen LogP contribution in [0.1, 0.15) is 50.2 Å². The molecule has 1 aliphatic carbocycles. The molecule has 1 spiro atoms. The highest BCUT2D eigenvalue weighted by atomic mass is 35.5. The molecule has 2 aromatic rings. The van der Waals surface area contributed by atoms with Crippen molar-refractivity contribution in [3.8, 4) is 0 Å². The second-order valence-corrected chi connectivity index (χ2v) is 10.7. The van der Waals surface area contributed by atoms with Gasteiger partial charge in [0.15, 0.2) is 5.15 Å². The Kier molecular flexibility index (Phi) is 5.18. The zero-order valence-corrected chi connectivity index (χ0v) is 17.8. The molecule has 1 aromatic heterocycles. The molecule has 1 saturated heterocycles. The van der Waals surface area contributed by atoms with Crippen molar-refractivity contribution in [1.29, 1.82) is 0 Å². The van der Waals surface area contributed by atoms with Crippen LogP contribution in [0, 0.1) is 5.41 Å². The first kappa shape index (κ1) is 19.7. The summed E-state index contributed by atoms with van der Waals surface area (Å²) in [7, 11) is -1.36. The van der Waals surface area contributed by atoms with Gasteiger partial charge < -0.3 is 4.90 Å². The Hall–Kier alpha value is -1.57. The van der Waals surface area contributed by atoms with Crippen molar-refractivity contribution in [2.75, 3.05) is 18.0 Å². The largest absolute Gasteiger partial charge is 0.339 e. The molecular formula is C20H26ClN5OS. The number of nitrogens with zero attached hydrogens (tertiary/aromatic N) is 4. The number of piperidine rings is 1. The number of nitrogens with two attached hydrogens (primary N) is 1. The number of hydrogen-bond donors (Lipinski definition) is 1. The van der Waals surface area contributed by atoms with E-state index >= 15 is 0 Å². The molecule has 1 aromatic carbocycles. The summed E-state index contributed by atoms with van der Waals surface area (Å²) in [5.41, 5.74) is 2.99. The van der Waals surface area contributed by atoms with Gasteiger partial charge in [-0.2, -0.15) is 0 Å². The lowest BCUT2D eigenvalue weighted by molar-refractivity contribution is 0.170. The Labute approximate surface area is 173 Å². The maximum Gasteiger partial charge on any atom is 0.245 e. The zero-order chi connectivity index (χ0) is 19.9. The molecule has 4 rings (SSSR count). The van der Waals surface area contributed by atoms with E-state index in [-0.39, 0.29) is 5.41 Å². The number of hydrogen-bond acceptors (Lipinski definition) is 5. The Morgan fingerprint density at radius 1 is 1.29 bits per heavy atom. The number of aromatic nitrogens is 3. The van der Waals surface area contributed by atoms with Crippen LogP contribution in [0.25, 0.3) is 0 Å². The molecule has 2 N–H and O–H groups in total. The quantitative estimate of drug-likeness (QED) is 0.822. The second-order valence-electron chi connectivity index (χ2n) is 8.62. The van der Waals surface area contributed by atoms with Crippen LogP contribution >= 0.6 is 11.6 Å². The fourth-order valence-electron chi connectivity index (χ4n) is 4.84. The third-order valence-electron chi connectivity index (χ3n) is 6.52. The van der Waals surface area contributed by atoms with Gasteiger partial charge in [-0.25, -0.2) is 9.19 Å². The molecule has 2 aliphatic rings. The van der Waals surface area contributed by atoms with Crippen molar-refractivity contribution in [2.45, 2.75) is 50.2 Å². The van der Waals surface area contributed by atoms with Crippen molar-refractivity contribution < 1.29 is 4.21 Å². The highest BCUT2D eigenvalue weighted by molar-refractivity contribution is 7.84. The fraction of sp³-hybridized carbons (Fsp3) is 0.550. The number of anilines is 1. The Morgan fingerprint density at radius 3 is 2.64 bits per heavy atom. The van der Waals surface area contributed by atoms with Crippen molar-refractivity contribution in [2.24, 2.45) is 10.6 Å². The molecule has 2 heterocycles. The minimum atomic E-state index is -1.36. The van der Waals surface area contributed by atoms with Crippen molar-refractivity contribution in [1.82, 2.24) is 15.2 Å². The van der Waals surface area contributed by atoms with E-state index in [0.29, 0.717) is 17.0 Å². The summed E-state index contributed by atoms with van der Waals surface area (Å²) in [6.45, 7) is 5.78. The molecule has 0 bridgehead atoms. The summed E-state index contributed by atoms with van der Waals surface area (Å²) in [5.74, 6) is 0.993. The molecule has 28 heavy (non-hydrogen) atoms. The number of halogens is 1. The maximum atomic E-state index is 12.1. The van der Waals surface area contributed by atoms with E-state index in [0.717, 1.165) is 38.8 Å². The summed E-state index contributed by atoms with van der Waals surface area (Å²) in [4.78, 5) is 6.50. The number of rotatable bonds is 4. The molecule has 8 heteroatoms. The molecule has 2 atom stereocenters. The standard InChI is InChI=1S/C20H26ClN5OS/c1-19(2,28(22)27)12-16-15-6-4-3-5-14(15)11-20(16)7-9-26(10-8-20)18-23-13-17(21)24-25-18/h3-6,13,16H,7-12,22H2,1-2H3/t16-,28?/m1/s1.